The smallest absolute Gasteiger partial charge is 0.235 e. The maximum absolute atomic E-state index is 11.3. The highest BCUT2D eigenvalue weighted by Crippen LogP contribution is 2.21. The highest BCUT2D eigenvalue weighted by Gasteiger charge is 2.31. The summed E-state index contributed by atoms with van der Waals surface area (Å²) in [7, 11) is 0. The monoisotopic (exact) mass is 208 g/mol. The van der Waals surface area contributed by atoms with Crippen LogP contribution in [0.4, 0.5) is 0 Å². The molecule has 2 rings (SSSR count). The van der Waals surface area contributed by atoms with Gasteiger partial charge in [0.15, 0.2) is 0 Å². The Morgan fingerprint density at radius 2 is 2.33 bits per heavy atom. The number of hydrogen-bond acceptors (Lipinski definition) is 3. The number of carbonyl (C=O) groups excluding carboxylic acids is 1. The summed E-state index contributed by atoms with van der Waals surface area (Å²) in [6.45, 7) is 6.27. The number of rotatable bonds is 3. The first kappa shape index (κ1) is 10.2. The molecule has 1 aliphatic rings. The van der Waals surface area contributed by atoms with Crippen LogP contribution in [-0.4, -0.2) is 33.7 Å². The maximum Gasteiger partial charge on any atom is 0.235 e. The molecule has 1 aromatic heterocycles. The van der Waals surface area contributed by atoms with Gasteiger partial charge in [0.2, 0.25) is 5.91 Å². The van der Waals surface area contributed by atoms with Crippen LogP contribution in [0.3, 0.4) is 0 Å². The zero-order chi connectivity index (χ0) is 10.8. The molecule has 0 spiro atoms. The van der Waals surface area contributed by atoms with Gasteiger partial charge < -0.3 is 5.32 Å². The lowest BCUT2D eigenvalue weighted by atomic mass is 10.3. The number of likely N-dealkylation sites (N-methyl/N-ethyl adjacent to an activating group) is 1. The highest BCUT2D eigenvalue weighted by atomic mass is 16.2. The van der Waals surface area contributed by atoms with Gasteiger partial charge in [0.05, 0.1) is 12.2 Å². The van der Waals surface area contributed by atoms with Gasteiger partial charge in [-0.05, 0) is 19.5 Å². The minimum atomic E-state index is -0.00931. The molecule has 82 valence electrons. The minimum Gasteiger partial charge on any atom is -0.334 e. The molecule has 1 unspecified atom stereocenters. The summed E-state index contributed by atoms with van der Waals surface area (Å²) in [6.07, 6.45) is 1.77. The highest BCUT2D eigenvalue weighted by molar-refractivity contribution is 5.80. The lowest BCUT2D eigenvalue weighted by molar-refractivity contribution is -0.118. The van der Waals surface area contributed by atoms with Crippen LogP contribution in [0.15, 0.2) is 12.3 Å². The summed E-state index contributed by atoms with van der Waals surface area (Å²) in [5.41, 5.74) is 1.06. The van der Waals surface area contributed by atoms with Crippen molar-refractivity contribution in [2.24, 2.45) is 0 Å². The van der Waals surface area contributed by atoms with E-state index in [1.807, 2.05) is 17.7 Å². The second-order valence-corrected chi connectivity index (χ2v) is 3.60. The second kappa shape index (κ2) is 4.02. The molecule has 0 bridgehead atoms. The van der Waals surface area contributed by atoms with Gasteiger partial charge in [0.25, 0.3) is 0 Å². The van der Waals surface area contributed by atoms with Crippen LogP contribution in [0.1, 0.15) is 25.7 Å². The topological polar surface area (TPSA) is 50.2 Å². The Morgan fingerprint density at radius 3 is 3.00 bits per heavy atom. The molecule has 0 aliphatic carbocycles. The van der Waals surface area contributed by atoms with Gasteiger partial charge in [0, 0.05) is 12.7 Å². The minimum absolute atomic E-state index is 0.00931. The molecule has 0 aromatic carbocycles. The van der Waals surface area contributed by atoms with Crippen LogP contribution in [-0.2, 0) is 11.3 Å². The Bertz CT molecular complexity index is 360. The number of nitrogens with one attached hydrogen (secondary N) is 1. The summed E-state index contributed by atoms with van der Waals surface area (Å²) < 4.78 is 1.92. The SMILES string of the molecule is CCN1CC(=O)NC1c1ccnn1CC. The van der Waals surface area contributed by atoms with Crippen LogP contribution < -0.4 is 5.32 Å². The Labute approximate surface area is 89.1 Å². The molecule has 1 saturated heterocycles. The molecule has 0 radical (unpaired) electrons. The normalized spacial score (nSPS) is 22.0. The van der Waals surface area contributed by atoms with Gasteiger partial charge in [-0.3, -0.25) is 14.4 Å². The van der Waals surface area contributed by atoms with E-state index in [9.17, 15) is 4.79 Å². The zero-order valence-corrected chi connectivity index (χ0v) is 9.10. The number of amides is 1. The van der Waals surface area contributed by atoms with Gasteiger partial charge >= 0.3 is 0 Å². The number of aromatic nitrogens is 2. The molecule has 1 aliphatic heterocycles. The van der Waals surface area contributed by atoms with Gasteiger partial charge in [-0.25, -0.2) is 0 Å². The molecule has 5 nitrogen and oxygen atoms in total. The Morgan fingerprint density at radius 1 is 1.53 bits per heavy atom. The van der Waals surface area contributed by atoms with Crippen molar-refractivity contribution in [3.63, 3.8) is 0 Å². The largest absolute Gasteiger partial charge is 0.334 e. The van der Waals surface area contributed by atoms with E-state index >= 15 is 0 Å². The van der Waals surface area contributed by atoms with Crippen LogP contribution in [0.5, 0.6) is 0 Å². The van der Waals surface area contributed by atoms with Crippen molar-refractivity contribution in [1.82, 2.24) is 20.0 Å². The fourth-order valence-electron chi connectivity index (χ4n) is 1.96. The van der Waals surface area contributed by atoms with E-state index in [1.165, 1.54) is 0 Å². The third-order valence-corrected chi connectivity index (χ3v) is 2.74. The Kier molecular flexibility index (Phi) is 2.73. The van der Waals surface area contributed by atoms with E-state index in [2.05, 4.69) is 22.2 Å². The molecule has 1 atom stereocenters. The molecule has 1 aromatic rings. The molecule has 0 saturated carbocycles. The van der Waals surface area contributed by atoms with E-state index in [1.54, 1.807) is 6.20 Å². The van der Waals surface area contributed by atoms with Gasteiger partial charge in [-0.2, -0.15) is 5.10 Å². The third kappa shape index (κ3) is 1.74. The van der Waals surface area contributed by atoms with Crippen molar-refractivity contribution >= 4 is 5.91 Å². The van der Waals surface area contributed by atoms with E-state index in [-0.39, 0.29) is 12.1 Å². The van der Waals surface area contributed by atoms with Gasteiger partial charge in [-0.15, -0.1) is 0 Å². The molecular formula is C10H16N4O. The fourth-order valence-corrected chi connectivity index (χ4v) is 1.96. The molecule has 1 fully saturated rings. The number of carbonyl (C=O) groups is 1. The third-order valence-electron chi connectivity index (χ3n) is 2.74. The van der Waals surface area contributed by atoms with E-state index < -0.39 is 0 Å². The van der Waals surface area contributed by atoms with E-state index in [0.717, 1.165) is 18.8 Å². The van der Waals surface area contributed by atoms with Crippen molar-refractivity contribution in [1.29, 1.82) is 0 Å². The lowest BCUT2D eigenvalue weighted by Gasteiger charge is -2.21. The molecule has 1 amide bonds. The predicted octanol–water partition coefficient (Wildman–Crippen LogP) is 0.353. The van der Waals surface area contributed by atoms with E-state index in [4.69, 9.17) is 0 Å². The molecule has 15 heavy (non-hydrogen) atoms. The van der Waals surface area contributed by atoms with Crippen LogP contribution in [0, 0.1) is 0 Å². The Hall–Kier alpha value is -1.36. The average Bonchev–Trinajstić information content (AvgIpc) is 2.82. The summed E-state index contributed by atoms with van der Waals surface area (Å²) in [4.78, 5) is 13.4. The molecule has 2 heterocycles. The van der Waals surface area contributed by atoms with E-state index in [0.29, 0.717) is 6.54 Å². The predicted molar refractivity (Wildman–Crippen MR) is 56.0 cm³/mol. The van der Waals surface area contributed by atoms with Gasteiger partial charge in [-0.1, -0.05) is 6.92 Å². The quantitative estimate of drug-likeness (QED) is 0.780. The van der Waals surface area contributed by atoms with Crippen LogP contribution in [0.2, 0.25) is 0 Å². The zero-order valence-electron chi connectivity index (χ0n) is 9.10. The average molecular weight is 208 g/mol. The first-order valence-corrected chi connectivity index (χ1v) is 5.31. The lowest BCUT2D eigenvalue weighted by Crippen LogP contribution is -2.29. The number of nitrogens with zero attached hydrogens (tertiary/aromatic N) is 3. The maximum atomic E-state index is 11.3. The molecule has 5 heteroatoms. The fraction of sp³-hybridized carbons (Fsp3) is 0.600. The second-order valence-electron chi connectivity index (χ2n) is 3.60. The van der Waals surface area contributed by atoms with Crippen molar-refractivity contribution in [3.8, 4) is 0 Å². The summed E-state index contributed by atoms with van der Waals surface area (Å²) in [5.74, 6) is 0.0886. The van der Waals surface area contributed by atoms with Crippen molar-refractivity contribution in [3.05, 3.63) is 18.0 Å². The van der Waals surface area contributed by atoms with Crippen LogP contribution >= 0.6 is 0 Å². The number of aryl methyl sites for hydroxylation is 1. The standard InChI is InChI=1S/C10H16N4O/c1-3-13-7-9(15)12-10(13)8-5-6-11-14(8)4-2/h5-6,10H,3-4,7H2,1-2H3,(H,12,15). The first-order valence-electron chi connectivity index (χ1n) is 5.31. The van der Waals surface area contributed by atoms with Crippen molar-refractivity contribution in [2.75, 3.05) is 13.1 Å². The molecular weight excluding hydrogens is 192 g/mol. The van der Waals surface area contributed by atoms with Crippen LogP contribution in [0.25, 0.3) is 0 Å². The molecule has 1 N–H and O–H groups in total. The summed E-state index contributed by atoms with van der Waals surface area (Å²) in [6, 6.07) is 1.96. The Balaban J connectivity index is 2.26. The summed E-state index contributed by atoms with van der Waals surface area (Å²) in [5, 5.41) is 7.17. The number of hydrogen-bond donors (Lipinski definition) is 1. The van der Waals surface area contributed by atoms with Crippen molar-refractivity contribution < 1.29 is 4.79 Å². The first-order chi connectivity index (χ1) is 7.26. The van der Waals surface area contributed by atoms with Gasteiger partial charge in [0.1, 0.15) is 6.17 Å². The summed E-state index contributed by atoms with van der Waals surface area (Å²) >= 11 is 0. The van der Waals surface area contributed by atoms with Crippen molar-refractivity contribution in [2.45, 2.75) is 26.6 Å².